The topological polar surface area (TPSA) is 118 Å². The highest BCUT2D eigenvalue weighted by atomic mass is 32.2. The SMILES string of the molecule is NC(=O)c1cc(NC(=O)c2ccc(NS(=O)(=O)c3ccc(F)cc3)cc2)c(F)cc1F. The molecule has 3 aromatic rings. The zero-order chi connectivity index (χ0) is 22.8. The van der Waals surface area contributed by atoms with Gasteiger partial charge in [0, 0.05) is 17.3 Å². The molecule has 31 heavy (non-hydrogen) atoms. The average molecular weight is 449 g/mol. The van der Waals surface area contributed by atoms with Gasteiger partial charge in [0.15, 0.2) is 0 Å². The van der Waals surface area contributed by atoms with Gasteiger partial charge in [-0.15, -0.1) is 0 Å². The number of halogens is 3. The van der Waals surface area contributed by atoms with Crippen molar-refractivity contribution in [1.82, 2.24) is 0 Å². The molecule has 0 unspecified atom stereocenters. The Morgan fingerprint density at radius 3 is 2.03 bits per heavy atom. The van der Waals surface area contributed by atoms with E-state index in [1.807, 2.05) is 0 Å². The first-order chi connectivity index (χ1) is 14.6. The van der Waals surface area contributed by atoms with Crippen LogP contribution in [0.5, 0.6) is 0 Å². The number of carbonyl (C=O) groups is 2. The molecule has 4 N–H and O–H groups in total. The number of hydrogen-bond donors (Lipinski definition) is 3. The third-order valence-electron chi connectivity index (χ3n) is 4.09. The van der Waals surface area contributed by atoms with Crippen LogP contribution in [0.2, 0.25) is 0 Å². The van der Waals surface area contributed by atoms with E-state index in [2.05, 4.69) is 10.0 Å². The van der Waals surface area contributed by atoms with Gasteiger partial charge in [0.1, 0.15) is 17.5 Å². The van der Waals surface area contributed by atoms with Crippen LogP contribution >= 0.6 is 0 Å². The maximum atomic E-state index is 13.9. The van der Waals surface area contributed by atoms with Crippen molar-refractivity contribution in [2.45, 2.75) is 4.90 Å². The lowest BCUT2D eigenvalue weighted by Gasteiger charge is -2.10. The van der Waals surface area contributed by atoms with Crippen LogP contribution in [0.4, 0.5) is 24.5 Å². The molecule has 0 aliphatic heterocycles. The molecule has 2 amide bonds. The molecule has 160 valence electrons. The Morgan fingerprint density at radius 1 is 0.839 bits per heavy atom. The molecular formula is C20H14F3N3O4S. The first-order valence-electron chi connectivity index (χ1n) is 8.55. The lowest BCUT2D eigenvalue weighted by molar-refractivity contribution is 0.0992. The maximum absolute atomic E-state index is 13.9. The first-order valence-corrected chi connectivity index (χ1v) is 10.0. The molecule has 3 rings (SSSR count). The number of anilines is 2. The lowest BCUT2D eigenvalue weighted by Crippen LogP contribution is -2.17. The predicted molar refractivity (Wildman–Crippen MR) is 106 cm³/mol. The molecule has 11 heteroatoms. The monoisotopic (exact) mass is 449 g/mol. The number of nitrogens with one attached hydrogen (secondary N) is 2. The summed E-state index contributed by atoms with van der Waals surface area (Å²) in [6.45, 7) is 0. The number of hydrogen-bond acceptors (Lipinski definition) is 4. The fraction of sp³-hybridized carbons (Fsp3) is 0. The van der Waals surface area contributed by atoms with Gasteiger partial charge in [-0.1, -0.05) is 0 Å². The van der Waals surface area contributed by atoms with E-state index < -0.39 is 50.5 Å². The molecule has 0 bridgehead atoms. The second-order valence-corrected chi connectivity index (χ2v) is 7.95. The summed E-state index contributed by atoms with van der Waals surface area (Å²) in [4.78, 5) is 23.3. The van der Waals surface area contributed by atoms with E-state index in [1.54, 1.807) is 0 Å². The van der Waals surface area contributed by atoms with E-state index >= 15 is 0 Å². The van der Waals surface area contributed by atoms with Crippen LogP contribution in [-0.4, -0.2) is 20.2 Å². The number of primary amides is 1. The number of benzene rings is 3. The van der Waals surface area contributed by atoms with E-state index in [4.69, 9.17) is 5.73 Å². The smallest absolute Gasteiger partial charge is 0.261 e. The van der Waals surface area contributed by atoms with Crippen molar-refractivity contribution in [3.8, 4) is 0 Å². The van der Waals surface area contributed by atoms with Gasteiger partial charge in [0.25, 0.3) is 21.8 Å². The lowest BCUT2D eigenvalue weighted by atomic mass is 10.1. The summed E-state index contributed by atoms with van der Waals surface area (Å²) >= 11 is 0. The molecule has 0 heterocycles. The van der Waals surface area contributed by atoms with Crippen molar-refractivity contribution < 1.29 is 31.2 Å². The molecule has 0 saturated heterocycles. The van der Waals surface area contributed by atoms with Crippen LogP contribution in [0.25, 0.3) is 0 Å². The van der Waals surface area contributed by atoms with Crippen LogP contribution in [0, 0.1) is 17.5 Å². The molecule has 0 aromatic heterocycles. The summed E-state index contributed by atoms with van der Waals surface area (Å²) in [7, 11) is -3.98. The third kappa shape index (κ3) is 5.01. The summed E-state index contributed by atoms with van der Waals surface area (Å²) in [5.74, 6) is -4.80. The fourth-order valence-electron chi connectivity index (χ4n) is 2.55. The highest BCUT2D eigenvalue weighted by Crippen LogP contribution is 2.21. The van der Waals surface area contributed by atoms with Gasteiger partial charge >= 0.3 is 0 Å². The molecule has 3 aromatic carbocycles. The van der Waals surface area contributed by atoms with E-state index in [1.165, 1.54) is 24.3 Å². The Morgan fingerprint density at radius 2 is 1.45 bits per heavy atom. The number of nitrogens with two attached hydrogens (primary N) is 1. The van der Waals surface area contributed by atoms with Gasteiger partial charge in [-0.05, 0) is 54.6 Å². The minimum atomic E-state index is -3.98. The van der Waals surface area contributed by atoms with Crippen LogP contribution in [0.3, 0.4) is 0 Å². The van der Waals surface area contributed by atoms with Crippen molar-refractivity contribution in [1.29, 1.82) is 0 Å². The number of amides is 2. The molecule has 0 atom stereocenters. The normalized spacial score (nSPS) is 11.1. The summed E-state index contributed by atoms with van der Waals surface area (Å²) < 4.78 is 67.3. The number of sulfonamides is 1. The van der Waals surface area contributed by atoms with Gasteiger partial charge in [-0.25, -0.2) is 21.6 Å². The number of rotatable bonds is 6. The van der Waals surface area contributed by atoms with Crippen LogP contribution < -0.4 is 15.8 Å². The highest BCUT2D eigenvalue weighted by molar-refractivity contribution is 7.92. The molecule has 0 radical (unpaired) electrons. The predicted octanol–water partition coefficient (Wildman–Crippen LogP) is 3.26. The Kier molecular flexibility index (Phi) is 5.97. The van der Waals surface area contributed by atoms with E-state index in [9.17, 15) is 31.2 Å². The van der Waals surface area contributed by atoms with Crippen molar-refractivity contribution in [3.63, 3.8) is 0 Å². The summed E-state index contributed by atoms with van der Waals surface area (Å²) in [6.07, 6.45) is 0. The minimum Gasteiger partial charge on any atom is -0.366 e. The highest BCUT2D eigenvalue weighted by Gasteiger charge is 2.17. The molecule has 0 spiro atoms. The largest absolute Gasteiger partial charge is 0.366 e. The van der Waals surface area contributed by atoms with E-state index in [0.29, 0.717) is 6.07 Å². The average Bonchev–Trinajstić information content (AvgIpc) is 2.70. The molecule has 0 saturated carbocycles. The third-order valence-corrected chi connectivity index (χ3v) is 5.49. The van der Waals surface area contributed by atoms with Gasteiger partial charge in [-0.2, -0.15) is 0 Å². The second-order valence-electron chi connectivity index (χ2n) is 6.27. The Hall–Kier alpha value is -3.86. The van der Waals surface area contributed by atoms with Gasteiger partial charge < -0.3 is 11.1 Å². The van der Waals surface area contributed by atoms with Crippen molar-refractivity contribution in [3.05, 3.63) is 89.2 Å². The van der Waals surface area contributed by atoms with E-state index in [-0.39, 0.29) is 16.1 Å². The summed E-state index contributed by atoms with van der Waals surface area (Å²) in [6, 6.07) is 10.5. The summed E-state index contributed by atoms with van der Waals surface area (Å²) in [5, 5.41) is 2.19. The molecular weight excluding hydrogens is 435 g/mol. The second kappa shape index (κ2) is 8.48. The van der Waals surface area contributed by atoms with Gasteiger partial charge in [-0.3, -0.25) is 14.3 Å². The van der Waals surface area contributed by atoms with Crippen molar-refractivity contribution in [2.75, 3.05) is 10.0 Å². The Balaban J connectivity index is 1.76. The van der Waals surface area contributed by atoms with Crippen molar-refractivity contribution in [2.24, 2.45) is 5.73 Å². The van der Waals surface area contributed by atoms with Crippen LogP contribution in [-0.2, 0) is 10.0 Å². The van der Waals surface area contributed by atoms with Gasteiger partial charge in [0.05, 0.1) is 16.1 Å². The maximum Gasteiger partial charge on any atom is 0.261 e. The Bertz CT molecular complexity index is 1260. The van der Waals surface area contributed by atoms with E-state index in [0.717, 1.165) is 30.3 Å². The quantitative estimate of drug-likeness (QED) is 0.535. The fourth-order valence-corrected chi connectivity index (χ4v) is 3.60. The summed E-state index contributed by atoms with van der Waals surface area (Å²) in [5.41, 5.74) is 4.09. The molecule has 0 aliphatic rings. The minimum absolute atomic E-state index is 0.0223. The van der Waals surface area contributed by atoms with Crippen LogP contribution in [0.1, 0.15) is 20.7 Å². The zero-order valence-corrected chi connectivity index (χ0v) is 16.3. The first kappa shape index (κ1) is 21.8. The Labute approximate surface area is 174 Å². The molecule has 7 nitrogen and oxygen atoms in total. The van der Waals surface area contributed by atoms with Gasteiger partial charge in [0.2, 0.25) is 0 Å². The number of carbonyl (C=O) groups excluding carboxylic acids is 2. The van der Waals surface area contributed by atoms with Crippen LogP contribution in [0.15, 0.2) is 65.6 Å². The standard InChI is InChI=1S/C20H14F3N3O4S/c21-12-3-7-14(8-4-12)31(29,30)26-13-5-1-11(2-6-13)20(28)25-18-9-15(19(24)27)16(22)10-17(18)23/h1-10,26H,(H2,24,27)(H,25,28). The molecule has 0 aliphatic carbocycles. The molecule has 0 fully saturated rings. The van der Waals surface area contributed by atoms with Crippen molar-refractivity contribution >= 4 is 33.2 Å². The zero-order valence-electron chi connectivity index (χ0n) is 15.5.